The van der Waals surface area contributed by atoms with Gasteiger partial charge in [-0.3, -0.25) is 14.5 Å². The molecule has 0 aromatic heterocycles. The summed E-state index contributed by atoms with van der Waals surface area (Å²) >= 11 is 0. The second-order valence-electron chi connectivity index (χ2n) is 6.94. The maximum atomic E-state index is 12.5. The van der Waals surface area contributed by atoms with E-state index < -0.39 is 0 Å². The molecule has 2 amide bonds. The maximum Gasteiger partial charge on any atom is 0.239 e. The number of amides is 2. The summed E-state index contributed by atoms with van der Waals surface area (Å²) in [6, 6.07) is 8.05. The van der Waals surface area contributed by atoms with E-state index in [1.54, 1.807) is 12.0 Å². The Hall–Kier alpha value is -2.08. The monoisotopic (exact) mass is 375 g/mol. The van der Waals surface area contributed by atoms with Crippen molar-refractivity contribution in [3.05, 3.63) is 29.8 Å². The van der Waals surface area contributed by atoms with Crippen molar-refractivity contribution in [2.24, 2.45) is 0 Å². The Balaban J connectivity index is 2.02. The zero-order valence-electron chi connectivity index (χ0n) is 16.9. The van der Waals surface area contributed by atoms with E-state index in [2.05, 4.69) is 30.1 Å². The van der Waals surface area contributed by atoms with E-state index in [4.69, 9.17) is 4.74 Å². The summed E-state index contributed by atoms with van der Waals surface area (Å²) in [5.41, 5.74) is 1.11. The highest BCUT2D eigenvalue weighted by Crippen LogP contribution is 2.23. The number of carbonyl (C=O) groups excluding carboxylic acids is 2. The van der Waals surface area contributed by atoms with Crippen LogP contribution < -0.4 is 10.1 Å². The highest BCUT2D eigenvalue weighted by atomic mass is 16.5. The lowest BCUT2D eigenvalue weighted by atomic mass is 10.0. The Morgan fingerprint density at radius 1 is 1.26 bits per heavy atom. The van der Waals surface area contributed by atoms with Crippen molar-refractivity contribution in [3.8, 4) is 5.75 Å². The highest BCUT2D eigenvalue weighted by molar-refractivity contribution is 5.84. The maximum absolute atomic E-state index is 12.5. The van der Waals surface area contributed by atoms with Crippen molar-refractivity contribution in [2.45, 2.75) is 45.6 Å². The number of likely N-dealkylation sites (N-methyl/N-ethyl adjacent to an activating group) is 1. The summed E-state index contributed by atoms with van der Waals surface area (Å²) in [6.45, 7) is 7.36. The van der Waals surface area contributed by atoms with Crippen molar-refractivity contribution in [1.29, 1.82) is 0 Å². The van der Waals surface area contributed by atoms with Gasteiger partial charge >= 0.3 is 0 Å². The number of benzene rings is 1. The first-order chi connectivity index (χ1) is 13.1. The Kier molecular flexibility index (Phi) is 8.58. The van der Waals surface area contributed by atoms with E-state index in [0.29, 0.717) is 19.5 Å². The summed E-state index contributed by atoms with van der Waals surface area (Å²) in [5, 5.41) is 3.04. The molecule has 2 rings (SSSR count). The summed E-state index contributed by atoms with van der Waals surface area (Å²) in [6.07, 6.45) is 3.52. The smallest absolute Gasteiger partial charge is 0.239 e. The third-order valence-electron chi connectivity index (χ3n) is 5.23. The number of rotatable bonds is 9. The number of nitrogens with one attached hydrogen (secondary N) is 1. The molecule has 1 atom stereocenters. The highest BCUT2D eigenvalue weighted by Gasteiger charge is 2.22. The first-order valence-corrected chi connectivity index (χ1v) is 10.0. The number of hydrogen-bond acceptors (Lipinski definition) is 4. The minimum atomic E-state index is -0.0923. The number of carbonyl (C=O) groups is 2. The number of methoxy groups -OCH3 is 1. The molecule has 0 unspecified atom stereocenters. The van der Waals surface area contributed by atoms with Crippen LogP contribution in [-0.4, -0.2) is 61.4 Å². The van der Waals surface area contributed by atoms with Gasteiger partial charge in [0, 0.05) is 19.5 Å². The molecule has 0 saturated carbocycles. The largest absolute Gasteiger partial charge is 0.497 e. The van der Waals surface area contributed by atoms with E-state index in [9.17, 15) is 9.59 Å². The minimum absolute atomic E-state index is 0.0684. The topological polar surface area (TPSA) is 61.9 Å². The molecule has 1 aliphatic heterocycles. The molecule has 1 heterocycles. The van der Waals surface area contributed by atoms with E-state index in [0.717, 1.165) is 43.7 Å². The van der Waals surface area contributed by atoms with Crippen molar-refractivity contribution < 1.29 is 14.3 Å². The van der Waals surface area contributed by atoms with Crippen LogP contribution in [0.4, 0.5) is 0 Å². The second-order valence-corrected chi connectivity index (χ2v) is 6.94. The Morgan fingerprint density at radius 3 is 2.74 bits per heavy atom. The van der Waals surface area contributed by atoms with E-state index in [-0.39, 0.29) is 24.4 Å². The molecule has 150 valence electrons. The van der Waals surface area contributed by atoms with Gasteiger partial charge in [0.2, 0.25) is 11.8 Å². The van der Waals surface area contributed by atoms with Gasteiger partial charge in [-0.05, 0) is 43.6 Å². The summed E-state index contributed by atoms with van der Waals surface area (Å²) in [5.74, 6) is 0.812. The third-order valence-corrected chi connectivity index (χ3v) is 5.23. The van der Waals surface area contributed by atoms with E-state index in [1.807, 2.05) is 18.2 Å². The quantitative estimate of drug-likeness (QED) is 0.721. The molecule has 6 nitrogen and oxygen atoms in total. The number of hydrogen-bond donors (Lipinski definition) is 1. The van der Waals surface area contributed by atoms with Gasteiger partial charge in [0.05, 0.1) is 19.7 Å². The van der Waals surface area contributed by atoms with Crippen LogP contribution in [0.3, 0.4) is 0 Å². The van der Waals surface area contributed by atoms with Crippen LogP contribution in [0.2, 0.25) is 0 Å². The first-order valence-electron chi connectivity index (χ1n) is 10.0. The number of ether oxygens (including phenoxy) is 1. The molecule has 1 N–H and O–H groups in total. The molecule has 0 radical (unpaired) electrons. The summed E-state index contributed by atoms with van der Waals surface area (Å²) in [7, 11) is 1.66. The minimum Gasteiger partial charge on any atom is -0.497 e. The van der Waals surface area contributed by atoms with Crippen LogP contribution in [0.25, 0.3) is 0 Å². The summed E-state index contributed by atoms with van der Waals surface area (Å²) in [4.78, 5) is 28.6. The molecular weight excluding hydrogens is 342 g/mol. The molecule has 1 aromatic rings. The van der Waals surface area contributed by atoms with E-state index in [1.165, 1.54) is 0 Å². The normalized spacial score (nSPS) is 16.1. The predicted octanol–water partition coefficient (Wildman–Crippen LogP) is 2.60. The van der Waals surface area contributed by atoms with Crippen molar-refractivity contribution in [2.75, 3.05) is 39.8 Å². The Bertz CT molecular complexity index is 616. The standard InChI is InChI=1S/C21H33N3O3/c1-4-23(5-2)19(17-10-9-11-18(14-17)27-3)15-22-20(25)16-24-13-8-6-7-12-21(24)26/h9-11,14,19H,4-8,12-13,15-16H2,1-3H3,(H,22,25)/t19-/m1/s1. The van der Waals surface area contributed by atoms with Gasteiger partial charge in [0.1, 0.15) is 5.75 Å². The molecule has 0 bridgehead atoms. The molecule has 0 aliphatic carbocycles. The Labute approximate surface area is 162 Å². The van der Waals surface area contributed by atoms with Crippen LogP contribution in [0.15, 0.2) is 24.3 Å². The molecule has 1 saturated heterocycles. The number of nitrogens with zero attached hydrogens (tertiary/aromatic N) is 2. The molecule has 1 fully saturated rings. The van der Waals surface area contributed by atoms with E-state index >= 15 is 0 Å². The summed E-state index contributed by atoms with van der Waals surface area (Å²) < 4.78 is 5.35. The average molecular weight is 376 g/mol. The lowest BCUT2D eigenvalue weighted by Crippen LogP contribution is -2.43. The van der Waals surface area contributed by atoms with Gasteiger partial charge in [0.15, 0.2) is 0 Å². The van der Waals surface area contributed by atoms with Crippen LogP contribution in [-0.2, 0) is 9.59 Å². The molecule has 1 aliphatic rings. The SMILES string of the molecule is CCN(CC)[C@H](CNC(=O)CN1CCCCCC1=O)c1cccc(OC)c1. The lowest BCUT2D eigenvalue weighted by molar-refractivity contribution is -0.135. The van der Waals surface area contributed by atoms with Gasteiger partial charge in [-0.15, -0.1) is 0 Å². The molecule has 27 heavy (non-hydrogen) atoms. The van der Waals surface area contributed by atoms with Gasteiger partial charge in [-0.2, -0.15) is 0 Å². The van der Waals surface area contributed by atoms with Crippen molar-refractivity contribution in [3.63, 3.8) is 0 Å². The third kappa shape index (κ3) is 6.24. The predicted molar refractivity (Wildman–Crippen MR) is 107 cm³/mol. The molecule has 6 heteroatoms. The van der Waals surface area contributed by atoms with Gasteiger partial charge in [0.25, 0.3) is 0 Å². The zero-order chi connectivity index (χ0) is 19.6. The van der Waals surface area contributed by atoms with Crippen molar-refractivity contribution in [1.82, 2.24) is 15.1 Å². The van der Waals surface area contributed by atoms with Gasteiger partial charge < -0.3 is 15.0 Å². The van der Waals surface area contributed by atoms with Gasteiger partial charge in [-0.1, -0.05) is 32.4 Å². The van der Waals surface area contributed by atoms with Crippen LogP contribution in [0.5, 0.6) is 5.75 Å². The molecular formula is C21H33N3O3. The fourth-order valence-electron chi connectivity index (χ4n) is 3.62. The van der Waals surface area contributed by atoms with Crippen molar-refractivity contribution >= 4 is 11.8 Å². The number of likely N-dealkylation sites (tertiary alicyclic amines) is 1. The first kappa shape index (κ1) is 21.2. The second kappa shape index (κ2) is 10.9. The fraction of sp³-hybridized carbons (Fsp3) is 0.619. The van der Waals surface area contributed by atoms with Crippen LogP contribution in [0, 0.1) is 0 Å². The lowest BCUT2D eigenvalue weighted by Gasteiger charge is -2.31. The average Bonchev–Trinajstić information content (AvgIpc) is 2.89. The fourth-order valence-corrected chi connectivity index (χ4v) is 3.62. The van der Waals surface area contributed by atoms with Gasteiger partial charge in [-0.25, -0.2) is 0 Å². The molecule has 0 spiro atoms. The zero-order valence-corrected chi connectivity index (χ0v) is 16.9. The Morgan fingerprint density at radius 2 is 2.04 bits per heavy atom. The molecule has 1 aromatic carbocycles. The van der Waals surface area contributed by atoms with Crippen LogP contribution in [0.1, 0.15) is 51.1 Å². The van der Waals surface area contributed by atoms with Crippen LogP contribution >= 0.6 is 0 Å².